The van der Waals surface area contributed by atoms with Gasteiger partial charge in [0.25, 0.3) is 0 Å². The molecule has 0 saturated carbocycles. The molecule has 1 saturated heterocycles. The van der Waals surface area contributed by atoms with Crippen molar-refractivity contribution in [1.82, 2.24) is 0 Å². The minimum absolute atomic E-state index is 0.706. The van der Waals surface area contributed by atoms with Crippen LogP contribution in [0.4, 0.5) is 11.4 Å². The second kappa shape index (κ2) is 3.69. The predicted molar refractivity (Wildman–Crippen MR) is 69.2 cm³/mol. The number of para-hydroxylation sites is 1. The van der Waals surface area contributed by atoms with Gasteiger partial charge in [-0.25, -0.2) is 0 Å². The molecule has 1 aromatic rings. The molecule has 3 rings (SSSR count). The molecular weight excluding hydrogens is 196 g/mol. The standard InChI is InChI=1S/C14H20N2/c1-10-6-7-16-12(8-10)9-15-13-5-3-4-11(2)14(13)16/h3-5,10,12,15H,6-9H2,1-2H3. The highest BCUT2D eigenvalue weighted by Gasteiger charge is 2.31. The first-order valence-electron chi connectivity index (χ1n) is 6.36. The fourth-order valence-electron chi connectivity index (χ4n) is 3.15. The predicted octanol–water partition coefficient (Wildman–Crippen LogP) is 3.03. The van der Waals surface area contributed by atoms with Gasteiger partial charge in [0.1, 0.15) is 0 Å². The van der Waals surface area contributed by atoms with Crippen molar-refractivity contribution < 1.29 is 0 Å². The topological polar surface area (TPSA) is 15.3 Å². The number of hydrogen-bond donors (Lipinski definition) is 1. The molecule has 1 fully saturated rings. The van der Waals surface area contributed by atoms with Crippen molar-refractivity contribution in [3.8, 4) is 0 Å². The van der Waals surface area contributed by atoms with Gasteiger partial charge in [-0.1, -0.05) is 19.1 Å². The first-order chi connectivity index (χ1) is 7.75. The van der Waals surface area contributed by atoms with Crippen LogP contribution >= 0.6 is 0 Å². The van der Waals surface area contributed by atoms with E-state index in [1.807, 2.05) is 0 Å². The Morgan fingerprint density at radius 3 is 3.12 bits per heavy atom. The molecule has 0 aliphatic carbocycles. The maximum atomic E-state index is 3.58. The first kappa shape index (κ1) is 10.0. The maximum absolute atomic E-state index is 3.58. The summed E-state index contributed by atoms with van der Waals surface area (Å²) in [6.45, 7) is 6.94. The molecule has 2 atom stereocenters. The number of benzene rings is 1. The molecule has 2 aliphatic rings. The van der Waals surface area contributed by atoms with Crippen LogP contribution in [0.25, 0.3) is 0 Å². The summed E-state index contributed by atoms with van der Waals surface area (Å²) < 4.78 is 0. The Kier molecular flexibility index (Phi) is 2.31. The minimum atomic E-state index is 0.706. The molecule has 1 aromatic carbocycles. The molecule has 2 aliphatic heterocycles. The molecule has 0 bridgehead atoms. The number of fused-ring (bicyclic) bond motifs is 3. The fraction of sp³-hybridized carbons (Fsp3) is 0.571. The summed E-state index contributed by atoms with van der Waals surface area (Å²) in [7, 11) is 0. The van der Waals surface area contributed by atoms with Crippen LogP contribution in [0.1, 0.15) is 25.3 Å². The van der Waals surface area contributed by atoms with Gasteiger partial charge in [0, 0.05) is 19.1 Å². The molecule has 0 spiro atoms. The van der Waals surface area contributed by atoms with E-state index >= 15 is 0 Å². The minimum Gasteiger partial charge on any atom is -0.381 e. The lowest BCUT2D eigenvalue weighted by atomic mass is 9.89. The third kappa shape index (κ3) is 1.48. The molecule has 2 heterocycles. The van der Waals surface area contributed by atoms with E-state index in [0.29, 0.717) is 6.04 Å². The van der Waals surface area contributed by atoms with E-state index in [9.17, 15) is 0 Å². The van der Waals surface area contributed by atoms with Gasteiger partial charge >= 0.3 is 0 Å². The van der Waals surface area contributed by atoms with Gasteiger partial charge in [0.2, 0.25) is 0 Å². The van der Waals surface area contributed by atoms with Crippen LogP contribution in [0, 0.1) is 12.8 Å². The van der Waals surface area contributed by atoms with Crippen LogP contribution in [-0.4, -0.2) is 19.1 Å². The second-order valence-corrected chi connectivity index (χ2v) is 5.33. The number of nitrogens with one attached hydrogen (secondary N) is 1. The van der Waals surface area contributed by atoms with Crippen molar-refractivity contribution in [3.63, 3.8) is 0 Å². The molecule has 1 N–H and O–H groups in total. The van der Waals surface area contributed by atoms with Gasteiger partial charge in [0.15, 0.2) is 0 Å². The van der Waals surface area contributed by atoms with E-state index in [4.69, 9.17) is 0 Å². The second-order valence-electron chi connectivity index (χ2n) is 5.33. The number of aryl methyl sites for hydroxylation is 1. The maximum Gasteiger partial charge on any atom is 0.0634 e. The van der Waals surface area contributed by atoms with Crippen LogP contribution in [-0.2, 0) is 0 Å². The Morgan fingerprint density at radius 2 is 2.25 bits per heavy atom. The lowest BCUT2D eigenvalue weighted by Crippen LogP contribution is -2.49. The number of hydrogen-bond acceptors (Lipinski definition) is 2. The Morgan fingerprint density at radius 1 is 1.38 bits per heavy atom. The quantitative estimate of drug-likeness (QED) is 0.717. The summed E-state index contributed by atoms with van der Waals surface area (Å²) >= 11 is 0. The van der Waals surface area contributed by atoms with E-state index in [-0.39, 0.29) is 0 Å². The third-order valence-electron chi connectivity index (χ3n) is 4.03. The molecule has 0 amide bonds. The zero-order valence-corrected chi connectivity index (χ0v) is 10.2. The number of piperidine rings is 1. The summed E-state index contributed by atoms with van der Waals surface area (Å²) in [5.74, 6) is 0.883. The van der Waals surface area contributed by atoms with E-state index < -0.39 is 0 Å². The Labute approximate surface area is 97.6 Å². The zero-order valence-electron chi connectivity index (χ0n) is 10.2. The molecule has 16 heavy (non-hydrogen) atoms. The van der Waals surface area contributed by atoms with Gasteiger partial charge in [-0.15, -0.1) is 0 Å². The summed E-state index contributed by atoms with van der Waals surface area (Å²) in [6, 6.07) is 7.28. The monoisotopic (exact) mass is 216 g/mol. The number of rotatable bonds is 0. The van der Waals surface area contributed by atoms with Crippen LogP contribution in [0.5, 0.6) is 0 Å². The van der Waals surface area contributed by atoms with Gasteiger partial charge in [0.05, 0.1) is 11.4 Å². The molecule has 0 radical (unpaired) electrons. The first-order valence-corrected chi connectivity index (χ1v) is 6.36. The third-order valence-corrected chi connectivity index (χ3v) is 4.03. The average Bonchev–Trinajstić information content (AvgIpc) is 2.29. The lowest BCUT2D eigenvalue weighted by Gasteiger charge is -2.45. The van der Waals surface area contributed by atoms with Crippen LogP contribution in [0.2, 0.25) is 0 Å². The molecular formula is C14H20N2. The molecule has 2 nitrogen and oxygen atoms in total. The highest BCUT2D eigenvalue weighted by atomic mass is 15.2. The van der Waals surface area contributed by atoms with Crippen molar-refractivity contribution in [2.24, 2.45) is 5.92 Å². The summed E-state index contributed by atoms with van der Waals surface area (Å²) in [4.78, 5) is 2.63. The van der Waals surface area contributed by atoms with Crippen molar-refractivity contribution in [2.45, 2.75) is 32.7 Å². The molecule has 2 heteroatoms. The molecule has 2 unspecified atom stereocenters. The molecule has 86 valence electrons. The van der Waals surface area contributed by atoms with Crippen molar-refractivity contribution in [3.05, 3.63) is 23.8 Å². The van der Waals surface area contributed by atoms with E-state index in [1.54, 1.807) is 0 Å². The van der Waals surface area contributed by atoms with Crippen molar-refractivity contribution >= 4 is 11.4 Å². The lowest BCUT2D eigenvalue weighted by molar-refractivity contribution is 0.367. The summed E-state index contributed by atoms with van der Waals surface area (Å²) in [5.41, 5.74) is 4.18. The number of anilines is 2. The molecule has 0 aromatic heterocycles. The normalized spacial score (nSPS) is 28.0. The Bertz CT molecular complexity index is 400. The van der Waals surface area contributed by atoms with Crippen LogP contribution < -0.4 is 10.2 Å². The van der Waals surface area contributed by atoms with E-state index in [1.165, 1.54) is 36.3 Å². The highest BCUT2D eigenvalue weighted by molar-refractivity contribution is 5.76. The van der Waals surface area contributed by atoms with Gasteiger partial charge < -0.3 is 10.2 Å². The zero-order chi connectivity index (χ0) is 11.1. The number of nitrogens with zero attached hydrogens (tertiary/aromatic N) is 1. The Balaban J connectivity index is 1.99. The fourth-order valence-corrected chi connectivity index (χ4v) is 3.15. The van der Waals surface area contributed by atoms with E-state index in [0.717, 1.165) is 12.5 Å². The van der Waals surface area contributed by atoms with Gasteiger partial charge in [-0.2, -0.15) is 0 Å². The Hall–Kier alpha value is -1.18. The van der Waals surface area contributed by atoms with E-state index in [2.05, 4.69) is 42.3 Å². The average molecular weight is 216 g/mol. The van der Waals surface area contributed by atoms with Crippen molar-refractivity contribution in [1.29, 1.82) is 0 Å². The van der Waals surface area contributed by atoms with Crippen LogP contribution in [0.15, 0.2) is 18.2 Å². The largest absolute Gasteiger partial charge is 0.381 e. The summed E-state index contributed by atoms with van der Waals surface area (Å²) in [6.07, 6.45) is 2.67. The van der Waals surface area contributed by atoms with Crippen LogP contribution in [0.3, 0.4) is 0 Å². The summed E-state index contributed by atoms with van der Waals surface area (Å²) in [5, 5.41) is 3.58. The van der Waals surface area contributed by atoms with Crippen molar-refractivity contribution in [2.75, 3.05) is 23.3 Å². The van der Waals surface area contributed by atoms with Gasteiger partial charge in [-0.05, 0) is 37.3 Å². The highest BCUT2D eigenvalue weighted by Crippen LogP contribution is 2.38. The SMILES string of the molecule is Cc1cccc2c1N1CCC(C)CC1CN2. The smallest absolute Gasteiger partial charge is 0.0634 e. The van der Waals surface area contributed by atoms with Gasteiger partial charge in [-0.3, -0.25) is 0 Å².